The van der Waals surface area contributed by atoms with Gasteiger partial charge in [0.2, 0.25) is 15.9 Å². The average molecular weight is 466 g/mol. The van der Waals surface area contributed by atoms with Gasteiger partial charge in [0.1, 0.15) is 5.75 Å². The molecular weight excluding hydrogens is 438 g/mol. The largest absolute Gasteiger partial charge is 0.496 e. The Labute approximate surface area is 189 Å². The second kappa shape index (κ2) is 10.5. The fourth-order valence-corrected chi connectivity index (χ4v) is 5.02. The van der Waals surface area contributed by atoms with Crippen molar-refractivity contribution < 1.29 is 17.9 Å². The minimum Gasteiger partial charge on any atom is -0.496 e. The lowest BCUT2D eigenvalue weighted by Crippen LogP contribution is -2.42. The fourth-order valence-electron chi connectivity index (χ4n) is 3.77. The molecule has 9 heteroatoms. The van der Waals surface area contributed by atoms with Gasteiger partial charge in [-0.3, -0.25) is 9.69 Å². The molecule has 0 radical (unpaired) electrons. The molecule has 3 rings (SSSR count). The highest BCUT2D eigenvalue weighted by atomic mass is 35.5. The number of para-hydroxylation sites is 1. The van der Waals surface area contributed by atoms with Crippen molar-refractivity contribution in [3.8, 4) is 5.75 Å². The number of hydrogen-bond donors (Lipinski definition) is 1. The predicted octanol–water partition coefficient (Wildman–Crippen LogP) is 2.92. The van der Waals surface area contributed by atoms with Crippen LogP contribution in [0.4, 0.5) is 0 Å². The molecule has 0 bridgehead atoms. The van der Waals surface area contributed by atoms with Crippen LogP contribution in [0.2, 0.25) is 5.02 Å². The van der Waals surface area contributed by atoms with Crippen LogP contribution in [0, 0.1) is 0 Å². The highest BCUT2D eigenvalue weighted by molar-refractivity contribution is 7.89. The van der Waals surface area contributed by atoms with Crippen LogP contribution in [0.15, 0.2) is 53.4 Å². The van der Waals surface area contributed by atoms with Crippen molar-refractivity contribution in [2.24, 2.45) is 0 Å². The topological polar surface area (TPSA) is 79.0 Å². The first kappa shape index (κ1) is 23.5. The number of benzene rings is 2. The number of amides is 1. The van der Waals surface area contributed by atoms with E-state index < -0.39 is 10.0 Å². The minimum absolute atomic E-state index is 0.0409. The van der Waals surface area contributed by atoms with Crippen LogP contribution in [0.1, 0.15) is 24.4 Å². The van der Waals surface area contributed by atoms with Crippen molar-refractivity contribution in [2.75, 3.05) is 40.3 Å². The van der Waals surface area contributed by atoms with Crippen molar-refractivity contribution in [3.63, 3.8) is 0 Å². The van der Waals surface area contributed by atoms with Crippen LogP contribution in [-0.2, 0) is 14.8 Å². The van der Waals surface area contributed by atoms with E-state index in [9.17, 15) is 13.2 Å². The van der Waals surface area contributed by atoms with Crippen molar-refractivity contribution >= 4 is 27.5 Å². The number of ether oxygens (including phenoxy) is 1. The fraction of sp³-hybridized carbons (Fsp3) is 0.409. The molecule has 1 aliphatic heterocycles. The lowest BCUT2D eigenvalue weighted by molar-refractivity contribution is -0.121. The van der Waals surface area contributed by atoms with E-state index in [-0.39, 0.29) is 23.4 Å². The van der Waals surface area contributed by atoms with Crippen LogP contribution in [0.5, 0.6) is 5.75 Å². The Balaban J connectivity index is 1.67. The molecule has 1 heterocycles. The quantitative estimate of drug-likeness (QED) is 0.616. The van der Waals surface area contributed by atoms with Gasteiger partial charge >= 0.3 is 0 Å². The van der Waals surface area contributed by atoms with Crippen LogP contribution in [-0.4, -0.2) is 63.9 Å². The first-order valence-corrected chi connectivity index (χ1v) is 12.0. The summed E-state index contributed by atoms with van der Waals surface area (Å²) in [5.74, 6) is 0.412. The zero-order valence-electron chi connectivity index (χ0n) is 17.8. The van der Waals surface area contributed by atoms with E-state index in [1.165, 1.54) is 31.3 Å². The molecule has 7 nitrogen and oxygen atoms in total. The van der Waals surface area contributed by atoms with Gasteiger partial charge < -0.3 is 10.1 Å². The number of likely N-dealkylation sites (tertiary alicyclic amines) is 1. The highest BCUT2D eigenvalue weighted by Crippen LogP contribution is 2.31. The molecule has 31 heavy (non-hydrogen) atoms. The maximum Gasteiger partial charge on any atom is 0.243 e. The van der Waals surface area contributed by atoms with E-state index in [0.29, 0.717) is 11.6 Å². The van der Waals surface area contributed by atoms with Crippen molar-refractivity contribution in [1.29, 1.82) is 0 Å². The minimum atomic E-state index is -3.78. The summed E-state index contributed by atoms with van der Waals surface area (Å²) in [5, 5.41) is 3.36. The summed E-state index contributed by atoms with van der Waals surface area (Å²) in [7, 11) is -0.760. The van der Waals surface area contributed by atoms with Crippen LogP contribution in [0.25, 0.3) is 0 Å². The monoisotopic (exact) mass is 465 g/mol. The number of likely N-dealkylation sites (N-methyl/N-ethyl adjacent to an activating group) is 1. The van der Waals surface area contributed by atoms with E-state index in [2.05, 4.69) is 10.2 Å². The maximum absolute atomic E-state index is 12.7. The van der Waals surface area contributed by atoms with Crippen molar-refractivity contribution in [2.45, 2.75) is 23.8 Å². The van der Waals surface area contributed by atoms with E-state index in [4.69, 9.17) is 16.3 Å². The van der Waals surface area contributed by atoms with Gasteiger partial charge in [-0.2, -0.15) is 4.31 Å². The molecule has 1 amide bonds. The van der Waals surface area contributed by atoms with Gasteiger partial charge in [-0.1, -0.05) is 29.8 Å². The number of rotatable bonds is 9. The lowest BCUT2D eigenvalue weighted by Gasteiger charge is -2.29. The molecule has 1 aliphatic rings. The van der Waals surface area contributed by atoms with Crippen molar-refractivity contribution in [3.05, 3.63) is 59.1 Å². The van der Waals surface area contributed by atoms with Crippen molar-refractivity contribution in [1.82, 2.24) is 14.5 Å². The lowest BCUT2D eigenvalue weighted by atomic mass is 10.0. The van der Waals surface area contributed by atoms with E-state index in [0.717, 1.165) is 41.5 Å². The normalized spacial score (nSPS) is 15.7. The Bertz CT molecular complexity index is 992. The Hall–Kier alpha value is -2.13. The molecule has 2 aromatic rings. The smallest absolute Gasteiger partial charge is 0.243 e. The molecule has 0 spiro atoms. The standard InChI is InChI=1S/C22H28ClN3O4S/c1-25(31(28,29)18-11-9-17(23)10-12-18)16-22(27)24-15-20(26-13-5-6-14-26)19-7-3-4-8-21(19)30-2/h3-4,7-12,20H,5-6,13-16H2,1-2H3,(H,24,27). The van der Waals surface area contributed by atoms with Crippen LogP contribution >= 0.6 is 11.6 Å². The van der Waals surface area contributed by atoms with Gasteiger partial charge in [-0.05, 0) is 56.3 Å². The molecule has 0 aromatic heterocycles. The van der Waals surface area contributed by atoms with Gasteiger partial charge in [-0.15, -0.1) is 0 Å². The van der Waals surface area contributed by atoms with E-state index >= 15 is 0 Å². The summed E-state index contributed by atoms with van der Waals surface area (Å²) in [5.41, 5.74) is 1.01. The van der Waals surface area contributed by atoms with Gasteiger partial charge in [0.25, 0.3) is 0 Å². The van der Waals surface area contributed by atoms with E-state index in [1.54, 1.807) is 7.11 Å². The zero-order valence-corrected chi connectivity index (χ0v) is 19.3. The Morgan fingerprint density at radius 3 is 2.45 bits per heavy atom. The van der Waals surface area contributed by atoms with E-state index in [1.807, 2.05) is 24.3 Å². The SMILES string of the molecule is COc1ccccc1C(CNC(=O)CN(C)S(=O)(=O)c1ccc(Cl)cc1)N1CCCC1. The molecule has 168 valence electrons. The summed E-state index contributed by atoms with van der Waals surface area (Å²) in [6, 6.07) is 13.6. The number of methoxy groups -OCH3 is 1. The molecule has 1 atom stereocenters. The number of halogens is 1. The number of nitrogens with zero attached hydrogens (tertiary/aromatic N) is 2. The van der Waals surface area contributed by atoms with Crippen LogP contribution < -0.4 is 10.1 Å². The van der Waals surface area contributed by atoms with Gasteiger partial charge in [0.15, 0.2) is 0 Å². The third kappa shape index (κ3) is 5.77. The summed E-state index contributed by atoms with van der Waals surface area (Å²) in [6.07, 6.45) is 2.23. The number of nitrogens with one attached hydrogen (secondary N) is 1. The number of sulfonamides is 1. The average Bonchev–Trinajstić information content (AvgIpc) is 3.29. The third-order valence-corrected chi connectivity index (χ3v) is 7.53. The second-order valence-electron chi connectivity index (χ2n) is 7.52. The molecule has 0 saturated carbocycles. The molecule has 2 aromatic carbocycles. The summed E-state index contributed by atoms with van der Waals surface area (Å²) in [4.78, 5) is 15.0. The number of carbonyl (C=O) groups is 1. The Morgan fingerprint density at radius 2 is 1.81 bits per heavy atom. The molecule has 1 N–H and O–H groups in total. The Kier molecular flexibility index (Phi) is 7.94. The summed E-state index contributed by atoms with van der Waals surface area (Å²) in [6.45, 7) is 1.99. The molecule has 1 fully saturated rings. The number of hydrogen-bond acceptors (Lipinski definition) is 5. The Morgan fingerprint density at radius 1 is 1.16 bits per heavy atom. The first-order chi connectivity index (χ1) is 14.8. The molecule has 1 saturated heterocycles. The zero-order chi connectivity index (χ0) is 22.4. The molecule has 1 unspecified atom stereocenters. The number of carbonyl (C=O) groups excluding carboxylic acids is 1. The van der Waals surface area contributed by atoms with Gasteiger partial charge in [-0.25, -0.2) is 8.42 Å². The second-order valence-corrected chi connectivity index (χ2v) is 10.0. The van der Waals surface area contributed by atoms with Gasteiger partial charge in [0.05, 0.1) is 24.6 Å². The highest BCUT2D eigenvalue weighted by Gasteiger charge is 2.27. The summed E-state index contributed by atoms with van der Waals surface area (Å²) >= 11 is 5.84. The molecular formula is C22H28ClN3O4S. The maximum atomic E-state index is 12.7. The van der Waals surface area contributed by atoms with Crippen LogP contribution in [0.3, 0.4) is 0 Å². The predicted molar refractivity (Wildman–Crippen MR) is 121 cm³/mol. The summed E-state index contributed by atoms with van der Waals surface area (Å²) < 4.78 is 32.0. The molecule has 0 aliphatic carbocycles. The first-order valence-electron chi connectivity index (χ1n) is 10.2. The third-order valence-electron chi connectivity index (χ3n) is 5.46. The van der Waals surface area contributed by atoms with Gasteiger partial charge in [0, 0.05) is 24.2 Å².